The minimum absolute atomic E-state index is 0.0105. The smallest absolute Gasteiger partial charge is 0.251 e. The van der Waals surface area contributed by atoms with Gasteiger partial charge in [-0.05, 0) is 54.4 Å². The zero-order chi connectivity index (χ0) is 25.9. The molecule has 0 radical (unpaired) electrons. The van der Waals surface area contributed by atoms with E-state index in [4.69, 9.17) is 23.2 Å². The van der Waals surface area contributed by atoms with Gasteiger partial charge in [0.1, 0.15) is 5.82 Å². The molecule has 0 spiro atoms. The van der Waals surface area contributed by atoms with Crippen LogP contribution in [-0.4, -0.2) is 38.9 Å². The maximum atomic E-state index is 13.5. The largest absolute Gasteiger partial charge is 0.345 e. The number of thioether (sulfide) groups is 1. The molecule has 0 saturated heterocycles. The highest BCUT2D eigenvalue weighted by Crippen LogP contribution is 2.31. The molecule has 2 amide bonds. The second-order valence-corrected chi connectivity index (χ2v) is 10.00. The molecule has 5 rings (SSSR count). The number of halogens is 3. The molecule has 2 heterocycles. The molecule has 7 nitrogen and oxygen atoms in total. The van der Waals surface area contributed by atoms with Gasteiger partial charge in [-0.3, -0.25) is 14.2 Å². The van der Waals surface area contributed by atoms with Crippen LogP contribution in [0.15, 0.2) is 71.9 Å². The van der Waals surface area contributed by atoms with E-state index in [0.29, 0.717) is 33.3 Å². The first-order valence-corrected chi connectivity index (χ1v) is 13.1. The average Bonchev–Trinajstić information content (AvgIpc) is 3.52. The number of aromatic nitrogens is 3. The Morgan fingerprint density at radius 3 is 2.65 bits per heavy atom. The molecule has 1 aliphatic heterocycles. The van der Waals surface area contributed by atoms with Crippen LogP contribution in [0.25, 0.3) is 5.69 Å². The Balaban J connectivity index is 1.37. The molecule has 1 aliphatic rings. The van der Waals surface area contributed by atoms with Gasteiger partial charge in [0.2, 0.25) is 5.91 Å². The van der Waals surface area contributed by atoms with E-state index in [1.165, 1.54) is 30.0 Å². The normalized spacial score (nSPS) is 12.5. The van der Waals surface area contributed by atoms with Crippen molar-refractivity contribution in [3.63, 3.8) is 0 Å². The molecule has 0 saturated carbocycles. The number of anilines is 1. The summed E-state index contributed by atoms with van der Waals surface area (Å²) in [6.07, 6.45) is 0.821. The van der Waals surface area contributed by atoms with Gasteiger partial charge in [0.15, 0.2) is 11.0 Å². The van der Waals surface area contributed by atoms with Crippen molar-refractivity contribution < 1.29 is 14.0 Å². The summed E-state index contributed by atoms with van der Waals surface area (Å²) in [6.45, 7) is 0.645. The van der Waals surface area contributed by atoms with Gasteiger partial charge in [0.05, 0.1) is 28.0 Å². The molecule has 0 bridgehead atoms. The second kappa shape index (κ2) is 10.9. The third-order valence-electron chi connectivity index (χ3n) is 5.87. The zero-order valence-corrected chi connectivity index (χ0v) is 21.7. The number of fused-ring (bicyclic) bond motifs is 1. The summed E-state index contributed by atoms with van der Waals surface area (Å²) in [5.74, 6) is -0.455. The summed E-state index contributed by atoms with van der Waals surface area (Å²) in [4.78, 5) is 27.4. The van der Waals surface area contributed by atoms with Gasteiger partial charge in [0.25, 0.3) is 5.91 Å². The first-order valence-electron chi connectivity index (χ1n) is 11.4. The van der Waals surface area contributed by atoms with Crippen LogP contribution in [0.4, 0.5) is 10.1 Å². The van der Waals surface area contributed by atoms with Crippen molar-refractivity contribution in [2.45, 2.75) is 18.1 Å². The number of hydrogen-bond acceptors (Lipinski definition) is 5. The van der Waals surface area contributed by atoms with E-state index in [2.05, 4.69) is 15.5 Å². The van der Waals surface area contributed by atoms with Crippen molar-refractivity contribution in [2.75, 3.05) is 17.2 Å². The van der Waals surface area contributed by atoms with Gasteiger partial charge in [-0.25, -0.2) is 4.39 Å². The summed E-state index contributed by atoms with van der Waals surface area (Å²) >= 11 is 13.6. The lowest BCUT2D eigenvalue weighted by Crippen LogP contribution is -2.30. The first-order chi connectivity index (χ1) is 17.9. The Bertz CT molecular complexity index is 1500. The number of rotatable bonds is 7. The van der Waals surface area contributed by atoms with E-state index >= 15 is 0 Å². The molecule has 4 aromatic rings. The molecule has 1 aromatic heterocycles. The third-order valence-corrected chi connectivity index (χ3v) is 7.52. The Kier molecular flexibility index (Phi) is 7.45. The summed E-state index contributed by atoms with van der Waals surface area (Å²) in [6, 6.07) is 18.3. The minimum Gasteiger partial charge on any atom is -0.345 e. The fourth-order valence-electron chi connectivity index (χ4n) is 4.08. The minimum atomic E-state index is -0.504. The highest BCUT2D eigenvalue weighted by atomic mass is 35.5. The quantitative estimate of drug-likeness (QED) is 0.312. The maximum absolute atomic E-state index is 13.5. The summed E-state index contributed by atoms with van der Waals surface area (Å²) in [5, 5.41) is 12.4. The predicted octanol–water partition coefficient (Wildman–Crippen LogP) is 5.32. The van der Waals surface area contributed by atoms with Gasteiger partial charge in [-0.15, -0.1) is 10.2 Å². The van der Waals surface area contributed by atoms with Gasteiger partial charge < -0.3 is 10.2 Å². The van der Waals surface area contributed by atoms with E-state index in [9.17, 15) is 14.0 Å². The topological polar surface area (TPSA) is 80.1 Å². The number of para-hydroxylation sites is 1. The third kappa shape index (κ3) is 5.49. The van der Waals surface area contributed by atoms with Gasteiger partial charge in [-0.1, -0.05) is 59.2 Å². The number of nitrogens with one attached hydrogen (secondary N) is 1. The Labute approximate surface area is 226 Å². The lowest BCUT2D eigenvalue weighted by Gasteiger charge is -2.17. The van der Waals surface area contributed by atoms with E-state index < -0.39 is 11.7 Å². The van der Waals surface area contributed by atoms with Crippen molar-refractivity contribution in [3.8, 4) is 5.69 Å². The summed E-state index contributed by atoms with van der Waals surface area (Å²) < 4.78 is 15.2. The van der Waals surface area contributed by atoms with E-state index in [-0.39, 0.29) is 23.8 Å². The molecule has 37 heavy (non-hydrogen) atoms. The first kappa shape index (κ1) is 25.3. The van der Waals surface area contributed by atoms with Crippen molar-refractivity contribution in [3.05, 3.63) is 99.5 Å². The highest BCUT2D eigenvalue weighted by Gasteiger charge is 2.25. The molecule has 3 aromatic carbocycles. The number of nitrogens with zero attached hydrogens (tertiary/aromatic N) is 4. The van der Waals surface area contributed by atoms with Crippen LogP contribution in [0.3, 0.4) is 0 Å². The van der Waals surface area contributed by atoms with Crippen molar-refractivity contribution in [1.29, 1.82) is 0 Å². The maximum Gasteiger partial charge on any atom is 0.251 e. The number of carbonyl (C=O) groups is 2. The zero-order valence-electron chi connectivity index (χ0n) is 19.3. The van der Waals surface area contributed by atoms with Crippen molar-refractivity contribution in [2.24, 2.45) is 0 Å². The summed E-state index contributed by atoms with van der Waals surface area (Å²) in [7, 11) is 0. The van der Waals surface area contributed by atoms with Gasteiger partial charge >= 0.3 is 0 Å². The molecule has 0 atom stereocenters. The van der Waals surface area contributed by atoms with Crippen LogP contribution in [0.1, 0.15) is 21.7 Å². The number of benzene rings is 3. The van der Waals surface area contributed by atoms with Crippen LogP contribution in [0.2, 0.25) is 10.0 Å². The standard InChI is InChI=1S/C26H20Cl2FN5O2S/c27-20-9-8-19(13-21(20)28)34-23(14-30-25(36)17-5-3-6-18(29)12-17)31-32-26(34)37-15-24(35)33-11-10-16-4-1-2-7-22(16)33/h1-9,12-13H,10-11,14-15H2,(H,30,36). The molecule has 11 heteroatoms. The van der Waals surface area contributed by atoms with Crippen molar-refractivity contribution in [1.82, 2.24) is 20.1 Å². The number of hydrogen-bond donors (Lipinski definition) is 1. The average molecular weight is 556 g/mol. The molecule has 188 valence electrons. The van der Waals surface area contributed by atoms with Gasteiger partial charge in [-0.2, -0.15) is 0 Å². The lowest BCUT2D eigenvalue weighted by atomic mass is 10.2. The van der Waals surface area contributed by atoms with Crippen molar-refractivity contribution >= 4 is 52.5 Å². The van der Waals surface area contributed by atoms with Crippen LogP contribution >= 0.6 is 35.0 Å². The summed E-state index contributed by atoms with van der Waals surface area (Å²) in [5.41, 5.74) is 2.89. The molecule has 0 aliphatic carbocycles. The van der Waals surface area contributed by atoms with E-state index in [0.717, 1.165) is 23.7 Å². The fraction of sp³-hybridized carbons (Fsp3) is 0.154. The molecular formula is C26H20Cl2FN5O2S. The number of amides is 2. The van der Waals surface area contributed by atoms with E-state index in [1.54, 1.807) is 27.7 Å². The molecular weight excluding hydrogens is 536 g/mol. The fourth-order valence-corrected chi connectivity index (χ4v) is 5.22. The lowest BCUT2D eigenvalue weighted by molar-refractivity contribution is -0.116. The Morgan fingerprint density at radius 2 is 1.84 bits per heavy atom. The Hall–Kier alpha value is -3.40. The van der Waals surface area contributed by atoms with Gasteiger partial charge in [0, 0.05) is 17.8 Å². The van der Waals surface area contributed by atoms with Crippen LogP contribution in [-0.2, 0) is 17.8 Å². The van der Waals surface area contributed by atoms with Crippen LogP contribution < -0.4 is 10.2 Å². The van der Waals surface area contributed by atoms with Crippen LogP contribution in [0, 0.1) is 5.82 Å². The second-order valence-electron chi connectivity index (χ2n) is 8.24. The molecule has 1 N–H and O–H groups in total. The Morgan fingerprint density at radius 1 is 1.00 bits per heavy atom. The molecule has 0 fully saturated rings. The van der Waals surface area contributed by atoms with Crippen LogP contribution in [0.5, 0.6) is 0 Å². The molecule has 0 unspecified atom stereocenters. The SMILES string of the molecule is O=C(NCc1nnc(SCC(=O)N2CCc3ccccc32)n1-c1ccc(Cl)c(Cl)c1)c1cccc(F)c1. The highest BCUT2D eigenvalue weighted by molar-refractivity contribution is 7.99. The predicted molar refractivity (Wildman–Crippen MR) is 142 cm³/mol. The van der Waals surface area contributed by atoms with E-state index in [1.807, 2.05) is 24.3 Å². The number of carbonyl (C=O) groups excluding carboxylic acids is 2. The monoisotopic (exact) mass is 555 g/mol.